The Kier molecular flexibility index (Phi) is 5.24. The third-order valence-electron chi connectivity index (χ3n) is 2.79. The van der Waals surface area contributed by atoms with Crippen LogP contribution >= 0.6 is 0 Å². The minimum atomic E-state index is -0.559. The molecule has 0 atom stereocenters. The fourth-order valence-electron chi connectivity index (χ4n) is 1.82. The first-order chi connectivity index (χ1) is 10.2. The number of nitrogens with zero attached hydrogens (tertiary/aromatic N) is 3. The quantitative estimate of drug-likeness (QED) is 0.734. The highest BCUT2D eigenvalue weighted by atomic mass is 19.1. The molecule has 0 N–H and O–H groups in total. The summed E-state index contributed by atoms with van der Waals surface area (Å²) in [7, 11) is 1.41. The summed E-state index contributed by atoms with van der Waals surface area (Å²) in [5, 5.41) is 8.04. The van der Waals surface area contributed by atoms with Crippen molar-refractivity contribution in [2.75, 3.05) is 20.3 Å². The number of benzene rings is 1. The molecule has 6 nitrogen and oxygen atoms in total. The first kappa shape index (κ1) is 15.4. The molecule has 0 aliphatic carbocycles. The molecule has 2 rings (SSSR count). The highest BCUT2D eigenvalue weighted by Gasteiger charge is 2.16. The normalized spacial score (nSPS) is 11.1. The van der Waals surface area contributed by atoms with E-state index in [-0.39, 0.29) is 5.75 Å². The lowest BCUT2D eigenvalue weighted by molar-refractivity contribution is -0.142. The molecule has 0 unspecified atom stereocenters. The van der Waals surface area contributed by atoms with Crippen molar-refractivity contribution in [3.8, 4) is 11.4 Å². The van der Waals surface area contributed by atoms with E-state index >= 15 is 0 Å². The van der Waals surface area contributed by atoms with Crippen molar-refractivity contribution < 1.29 is 18.6 Å². The molecule has 0 radical (unpaired) electrons. The van der Waals surface area contributed by atoms with E-state index in [1.807, 2.05) is 13.8 Å². The summed E-state index contributed by atoms with van der Waals surface area (Å²) in [6, 6.07) is 4.45. The topological polar surface area (TPSA) is 58.4 Å². The molecule has 0 aliphatic rings. The molecule has 0 saturated heterocycles. The number of rotatable bonds is 7. The third kappa shape index (κ3) is 3.56. The Hall–Kier alpha value is -1.99. The van der Waals surface area contributed by atoms with E-state index in [1.54, 1.807) is 18.3 Å². The van der Waals surface area contributed by atoms with Crippen LogP contribution < -0.4 is 4.74 Å². The molecular formula is C14H18FN3O3. The van der Waals surface area contributed by atoms with Crippen molar-refractivity contribution in [2.24, 2.45) is 0 Å². The highest BCUT2D eigenvalue weighted by molar-refractivity contribution is 5.39. The van der Waals surface area contributed by atoms with E-state index in [0.717, 1.165) is 0 Å². The lowest BCUT2D eigenvalue weighted by Crippen LogP contribution is -2.09. The van der Waals surface area contributed by atoms with Crippen LogP contribution in [0.3, 0.4) is 0 Å². The summed E-state index contributed by atoms with van der Waals surface area (Å²) in [5.74, 6) is -0.279. The van der Waals surface area contributed by atoms with Crippen molar-refractivity contribution >= 4 is 0 Å². The molecule has 1 heterocycles. The number of hydrogen-bond acceptors (Lipinski definition) is 5. The molecule has 0 spiro atoms. The number of hydrogen-bond donors (Lipinski definition) is 0. The van der Waals surface area contributed by atoms with Crippen molar-refractivity contribution in [3.63, 3.8) is 0 Å². The summed E-state index contributed by atoms with van der Waals surface area (Å²) in [6.07, 6.45) is 1.12. The zero-order chi connectivity index (χ0) is 15.2. The van der Waals surface area contributed by atoms with Gasteiger partial charge < -0.3 is 14.2 Å². The Morgan fingerprint density at radius 1 is 1.24 bits per heavy atom. The minimum absolute atomic E-state index is 0.149. The second kappa shape index (κ2) is 7.14. The second-order valence-corrected chi connectivity index (χ2v) is 4.15. The Labute approximate surface area is 122 Å². The maximum atomic E-state index is 13.4. The van der Waals surface area contributed by atoms with Gasteiger partial charge in [0.05, 0.1) is 19.0 Å². The average molecular weight is 295 g/mol. The fourth-order valence-corrected chi connectivity index (χ4v) is 1.82. The van der Waals surface area contributed by atoms with E-state index in [4.69, 9.17) is 14.2 Å². The molecule has 0 amide bonds. The van der Waals surface area contributed by atoms with Crippen molar-refractivity contribution in [2.45, 2.75) is 20.1 Å². The first-order valence-electron chi connectivity index (χ1n) is 6.69. The Morgan fingerprint density at radius 2 is 1.95 bits per heavy atom. The van der Waals surface area contributed by atoms with Gasteiger partial charge in [0.15, 0.2) is 11.6 Å². The highest BCUT2D eigenvalue weighted by Crippen LogP contribution is 2.22. The van der Waals surface area contributed by atoms with Gasteiger partial charge in [-0.15, -0.1) is 5.10 Å². The standard InChI is InChI=1S/C14H18FN3O3/c1-4-20-14(21-5-2)12-9-18(17-16-12)10-6-7-11(15)13(8-10)19-3/h6-9,14H,4-5H2,1-3H3. The van der Waals surface area contributed by atoms with Crippen LogP contribution in [0, 0.1) is 5.82 Å². The molecule has 2 aromatic rings. The minimum Gasteiger partial charge on any atom is -0.494 e. The van der Waals surface area contributed by atoms with E-state index in [9.17, 15) is 4.39 Å². The summed E-state index contributed by atoms with van der Waals surface area (Å²) in [4.78, 5) is 0. The maximum absolute atomic E-state index is 13.4. The molecule has 0 saturated carbocycles. The van der Waals surface area contributed by atoms with Crippen LogP contribution in [0.15, 0.2) is 24.4 Å². The first-order valence-corrected chi connectivity index (χ1v) is 6.69. The fraction of sp³-hybridized carbons (Fsp3) is 0.429. The SMILES string of the molecule is CCOC(OCC)c1cn(-c2ccc(F)c(OC)c2)nn1. The van der Waals surface area contributed by atoms with Crippen LogP contribution in [0.4, 0.5) is 4.39 Å². The van der Waals surface area contributed by atoms with E-state index < -0.39 is 12.1 Å². The Bertz CT molecular complexity index is 583. The molecule has 114 valence electrons. The molecule has 0 aliphatic heterocycles. The summed E-state index contributed by atoms with van der Waals surface area (Å²) >= 11 is 0. The predicted molar refractivity (Wildman–Crippen MR) is 73.9 cm³/mol. The monoisotopic (exact) mass is 295 g/mol. The molecule has 0 fully saturated rings. The maximum Gasteiger partial charge on any atom is 0.204 e. The van der Waals surface area contributed by atoms with Crippen LogP contribution in [0.5, 0.6) is 5.75 Å². The van der Waals surface area contributed by atoms with E-state index in [1.165, 1.54) is 17.9 Å². The summed E-state index contributed by atoms with van der Waals surface area (Å²) in [5.41, 5.74) is 1.20. The molecule has 7 heteroatoms. The Balaban J connectivity index is 2.26. The second-order valence-electron chi connectivity index (χ2n) is 4.15. The van der Waals surface area contributed by atoms with Crippen LogP contribution in [0.1, 0.15) is 25.8 Å². The number of ether oxygens (including phenoxy) is 3. The molecule has 1 aromatic heterocycles. The van der Waals surface area contributed by atoms with Crippen molar-refractivity contribution in [1.82, 2.24) is 15.0 Å². The van der Waals surface area contributed by atoms with Gasteiger partial charge in [-0.1, -0.05) is 5.21 Å². The number of methoxy groups -OCH3 is 1. The Morgan fingerprint density at radius 3 is 2.57 bits per heavy atom. The van der Waals surface area contributed by atoms with Gasteiger partial charge in [-0.2, -0.15) is 0 Å². The lowest BCUT2D eigenvalue weighted by Gasteiger charge is -2.13. The van der Waals surface area contributed by atoms with Crippen LogP contribution in [0.25, 0.3) is 5.69 Å². The van der Waals surface area contributed by atoms with Gasteiger partial charge in [-0.05, 0) is 26.0 Å². The van der Waals surface area contributed by atoms with Crippen LogP contribution in [0.2, 0.25) is 0 Å². The molecule has 21 heavy (non-hydrogen) atoms. The lowest BCUT2D eigenvalue weighted by atomic mass is 10.3. The summed E-state index contributed by atoms with van der Waals surface area (Å²) < 4.78 is 30.8. The van der Waals surface area contributed by atoms with Gasteiger partial charge in [0.25, 0.3) is 0 Å². The van der Waals surface area contributed by atoms with Gasteiger partial charge >= 0.3 is 0 Å². The van der Waals surface area contributed by atoms with E-state index in [0.29, 0.717) is 24.6 Å². The smallest absolute Gasteiger partial charge is 0.204 e. The van der Waals surface area contributed by atoms with Gasteiger partial charge in [-0.3, -0.25) is 0 Å². The zero-order valence-corrected chi connectivity index (χ0v) is 12.2. The predicted octanol–water partition coefficient (Wildman–Crippen LogP) is 2.49. The van der Waals surface area contributed by atoms with Gasteiger partial charge in [0.1, 0.15) is 5.69 Å². The molecule has 1 aromatic carbocycles. The molecular weight excluding hydrogens is 277 g/mol. The zero-order valence-electron chi connectivity index (χ0n) is 12.2. The summed E-state index contributed by atoms with van der Waals surface area (Å²) in [6.45, 7) is 4.76. The van der Waals surface area contributed by atoms with Gasteiger partial charge in [0, 0.05) is 19.3 Å². The number of halogens is 1. The van der Waals surface area contributed by atoms with Crippen LogP contribution in [-0.2, 0) is 9.47 Å². The third-order valence-corrected chi connectivity index (χ3v) is 2.79. The number of aromatic nitrogens is 3. The molecule has 0 bridgehead atoms. The van der Waals surface area contributed by atoms with Crippen molar-refractivity contribution in [3.05, 3.63) is 35.9 Å². The van der Waals surface area contributed by atoms with E-state index in [2.05, 4.69) is 10.3 Å². The van der Waals surface area contributed by atoms with Gasteiger partial charge in [0.2, 0.25) is 6.29 Å². The average Bonchev–Trinajstić information content (AvgIpc) is 2.97. The van der Waals surface area contributed by atoms with Crippen LogP contribution in [-0.4, -0.2) is 35.3 Å². The van der Waals surface area contributed by atoms with Gasteiger partial charge in [-0.25, -0.2) is 9.07 Å². The van der Waals surface area contributed by atoms with Crippen molar-refractivity contribution in [1.29, 1.82) is 0 Å². The largest absolute Gasteiger partial charge is 0.494 e.